The Hall–Kier alpha value is -1.02. The standard InChI is InChI=1S/C18H29NO/c1-3-16-9-11-17(12-10-16)20-14-6-13-19-18-8-5-4-7-15(18)2/h9-12,15,18-19H,3-8,13-14H2,1-2H3. The zero-order chi connectivity index (χ0) is 14.2. The van der Waals surface area contributed by atoms with Crippen LogP contribution in [-0.2, 0) is 6.42 Å². The van der Waals surface area contributed by atoms with Gasteiger partial charge in [-0.15, -0.1) is 0 Å². The first-order valence-corrected chi connectivity index (χ1v) is 8.24. The number of rotatable bonds is 7. The van der Waals surface area contributed by atoms with Gasteiger partial charge in [-0.3, -0.25) is 0 Å². The number of hydrogen-bond donors (Lipinski definition) is 1. The Morgan fingerprint density at radius 3 is 2.60 bits per heavy atom. The smallest absolute Gasteiger partial charge is 0.119 e. The second kappa shape index (κ2) is 8.31. The summed E-state index contributed by atoms with van der Waals surface area (Å²) < 4.78 is 5.78. The molecule has 0 amide bonds. The Labute approximate surface area is 123 Å². The molecule has 1 N–H and O–H groups in total. The van der Waals surface area contributed by atoms with Crippen molar-refractivity contribution in [1.82, 2.24) is 5.32 Å². The van der Waals surface area contributed by atoms with Crippen LogP contribution < -0.4 is 10.1 Å². The van der Waals surface area contributed by atoms with Crippen LogP contribution in [0.15, 0.2) is 24.3 Å². The number of aryl methyl sites for hydroxylation is 1. The first kappa shape index (κ1) is 15.4. The molecule has 1 aliphatic rings. The molecule has 0 aliphatic heterocycles. The summed E-state index contributed by atoms with van der Waals surface area (Å²) in [5.74, 6) is 1.83. The molecule has 2 heteroatoms. The van der Waals surface area contributed by atoms with Crippen molar-refractivity contribution in [1.29, 1.82) is 0 Å². The molecule has 112 valence electrons. The van der Waals surface area contributed by atoms with Crippen molar-refractivity contribution in [2.45, 2.75) is 58.4 Å². The fraction of sp³-hybridized carbons (Fsp3) is 0.667. The predicted octanol–water partition coefficient (Wildman–Crippen LogP) is 4.19. The van der Waals surface area contributed by atoms with Crippen LogP contribution in [0.1, 0.15) is 51.5 Å². The van der Waals surface area contributed by atoms with Gasteiger partial charge in [0.25, 0.3) is 0 Å². The summed E-state index contributed by atoms with van der Waals surface area (Å²) in [5, 5.41) is 3.70. The van der Waals surface area contributed by atoms with E-state index >= 15 is 0 Å². The maximum atomic E-state index is 5.78. The predicted molar refractivity (Wildman–Crippen MR) is 85.4 cm³/mol. The lowest BCUT2D eigenvalue weighted by Crippen LogP contribution is -2.38. The third-order valence-electron chi connectivity index (χ3n) is 4.44. The second-order valence-electron chi connectivity index (χ2n) is 6.02. The van der Waals surface area contributed by atoms with Gasteiger partial charge in [-0.1, -0.05) is 38.8 Å². The third-order valence-corrected chi connectivity index (χ3v) is 4.44. The maximum Gasteiger partial charge on any atom is 0.119 e. The number of hydrogen-bond acceptors (Lipinski definition) is 2. The Balaban J connectivity index is 1.58. The average Bonchev–Trinajstić information content (AvgIpc) is 2.49. The molecule has 0 bridgehead atoms. The minimum Gasteiger partial charge on any atom is -0.494 e. The van der Waals surface area contributed by atoms with E-state index in [1.807, 2.05) is 0 Å². The van der Waals surface area contributed by atoms with Crippen LogP contribution in [-0.4, -0.2) is 19.2 Å². The minimum absolute atomic E-state index is 0.729. The van der Waals surface area contributed by atoms with E-state index in [4.69, 9.17) is 4.74 Å². The van der Waals surface area contributed by atoms with Crippen LogP contribution in [0.25, 0.3) is 0 Å². The first-order chi connectivity index (χ1) is 9.79. The summed E-state index contributed by atoms with van der Waals surface area (Å²) in [6.07, 6.45) is 7.71. The fourth-order valence-corrected chi connectivity index (χ4v) is 2.99. The van der Waals surface area contributed by atoms with Gasteiger partial charge in [-0.2, -0.15) is 0 Å². The number of ether oxygens (including phenoxy) is 1. The summed E-state index contributed by atoms with van der Waals surface area (Å²) >= 11 is 0. The minimum atomic E-state index is 0.729. The van der Waals surface area contributed by atoms with Crippen molar-refractivity contribution in [2.75, 3.05) is 13.2 Å². The van der Waals surface area contributed by atoms with Gasteiger partial charge in [0, 0.05) is 6.04 Å². The summed E-state index contributed by atoms with van der Waals surface area (Å²) in [7, 11) is 0. The van der Waals surface area contributed by atoms with Crippen molar-refractivity contribution in [3.63, 3.8) is 0 Å². The van der Waals surface area contributed by atoms with Gasteiger partial charge < -0.3 is 10.1 Å². The Bertz CT molecular complexity index is 374. The number of nitrogens with one attached hydrogen (secondary N) is 1. The monoisotopic (exact) mass is 275 g/mol. The van der Waals surface area contributed by atoms with Crippen LogP contribution in [0, 0.1) is 5.92 Å². The first-order valence-electron chi connectivity index (χ1n) is 8.24. The molecule has 1 aliphatic carbocycles. The molecule has 0 aromatic heterocycles. The zero-order valence-corrected chi connectivity index (χ0v) is 13.0. The molecule has 0 spiro atoms. The van der Waals surface area contributed by atoms with Crippen molar-refractivity contribution >= 4 is 0 Å². The molecule has 2 unspecified atom stereocenters. The van der Waals surface area contributed by atoms with Crippen LogP contribution in [0.3, 0.4) is 0 Å². The van der Waals surface area contributed by atoms with Crippen LogP contribution >= 0.6 is 0 Å². The maximum absolute atomic E-state index is 5.78. The molecule has 2 nitrogen and oxygen atoms in total. The Morgan fingerprint density at radius 2 is 1.90 bits per heavy atom. The average molecular weight is 275 g/mol. The topological polar surface area (TPSA) is 21.3 Å². The molecule has 1 saturated carbocycles. The van der Waals surface area contributed by atoms with E-state index in [-0.39, 0.29) is 0 Å². The molecular weight excluding hydrogens is 246 g/mol. The largest absolute Gasteiger partial charge is 0.494 e. The van der Waals surface area contributed by atoms with Gasteiger partial charge in [-0.25, -0.2) is 0 Å². The zero-order valence-electron chi connectivity index (χ0n) is 13.0. The van der Waals surface area contributed by atoms with E-state index in [1.54, 1.807) is 0 Å². The lowest BCUT2D eigenvalue weighted by molar-refractivity contribution is 0.263. The van der Waals surface area contributed by atoms with Crippen molar-refractivity contribution in [3.05, 3.63) is 29.8 Å². The quantitative estimate of drug-likeness (QED) is 0.754. The van der Waals surface area contributed by atoms with Gasteiger partial charge in [0.15, 0.2) is 0 Å². The van der Waals surface area contributed by atoms with Gasteiger partial charge in [0.05, 0.1) is 6.61 Å². The highest BCUT2D eigenvalue weighted by Gasteiger charge is 2.19. The van der Waals surface area contributed by atoms with E-state index in [0.717, 1.165) is 43.7 Å². The Morgan fingerprint density at radius 1 is 1.15 bits per heavy atom. The van der Waals surface area contributed by atoms with E-state index in [1.165, 1.54) is 31.2 Å². The molecular formula is C18H29NO. The highest BCUT2D eigenvalue weighted by Crippen LogP contribution is 2.23. The van der Waals surface area contributed by atoms with E-state index < -0.39 is 0 Å². The van der Waals surface area contributed by atoms with Crippen LogP contribution in [0.2, 0.25) is 0 Å². The lowest BCUT2D eigenvalue weighted by Gasteiger charge is -2.29. The normalized spacial score (nSPS) is 22.7. The van der Waals surface area contributed by atoms with Gasteiger partial charge in [-0.05, 0) is 55.8 Å². The SMILES string of the molecule is CCc1ccc(OCCCNC2CCCCC2C)cc1. The molecule has 1 aromatic carbocycles. The second-order valence-corrected chi connectivity index (χ2v) is 6.02. The van der Waals surface area contributed by atoms with E-state index in [2.05, 4.69) is 43.4 Å². The van der Waals surface area contributed by atoms with Crippen molar-refractivity contribution in [3.8, 4) is 5.75 Å². The number of benzene rings is 1. The molecule has 20 heavy (non-hydrogen) atoms. The van der Waals surface area contributed by atoms with Crippen LogP contribution in [0.5, 0.6) is 5.75 Å². The highest BCUT2D eigenvalue weighted by molar-refractivity contribution is 5.27. The molecule has 0 radical (unpaired) electrons. The molecule has 2 rings (SSSR count). The summed E-state index contributed by atoms with van der Waals surface area (Å²) in [6, 6.07) is 9.19. The van der Waals surface area contributed by atoms with Gasteiger partial charge in [0.1, 0.15) is 5.75 Å². The van der Waals surface area contributed by atoms with Gasteiger partial charge >= 0.3 is 0 Å². The Kier molecular flexibility index (Phi) is 6.38. The third kappa shape index (κ3) is 4.82. The molecule has 1 aromatic rings. The summed E-state index contributed by atoms with van der Waals surface area (Å²) in [5.41, 5.74) is 1.37. The molecule has 2 atom stereocenters. The summed E-state index contributed by atoms with van der Waals surface area (Å²) in [6.45, 7) is 6.43. The fourth-order valence-electron chi connectivity index (χ4n) is 2.99. The highest BCUT2D eigenvalue weighted by atomic mass is 16.5. The molecule has 1 fully saturated rings. The van der Waals surface area contributed by atoms with Crippen molar-refractivity contribution < 1.29 is 4.74 Å². The molecule has 0 saturated heterocycles. The van der Waals surface area contributed by atoms with Crippen molar-refractivity contribution in [2.24, 2.45) is 5.92 Å². The van der Waals surface area contributed by atoms with E-state index in [0.29, 0.717) is 0 Å². The van der Waals surface area contributed by atoms with Crippen LogP contribution in [0.4, 0.5) is 0 Å². The lowest BCUT2D eigenvalue weighted by atomic mass is 9.86. The van der Waals surface area contributed by atoms with E-state index in [9.17, 15) is 0 Å². The summed E-state index contributed by atoms with van der Waals surface area (Å²) in [4.78, 5) is 0. The molecule has 0 heterocycles. The van der Waals surface area contributed by atoms with Gasteiger partial charge in [0.2, 0.25) is 0 Å².